The number of benzene rings is 2. The van der Waals surface area contributed by atoms with Gasteiger partial charge in [-0.25, -0.2) is 19.6 Å². The summed E-state index contributed by atoms with van der Waals surface area (Å²) < 4.78 is 7.10. The Kier molecular flexibility index (Phi) is 4.96. The molecule has 0 aliphatic carbocycles. The van der Waals surface area contributed by atoms with E-state index in [1.165, 1.54) is 12.3 Å². The number of H-pyrrole nitrogens is 1. The van der Waals surface area contributed by atoms with E-state index >= 15 is 0 Å². The summed E-state index contributed by atoms with van der Waals surface area (Å²) in [4.78, 5) is 15.6. The molecule has 0 atom stereocenters. The van der Waals surface area contributed by atoms with E-state index in [1.54, 1.807) is 16.7 Å². The van der Waals surface area contributed by atoms with Gasteiger partial charge in [-0.05, 0) is 40.1 Å². The van der Waals surface area contributed by atoms with E-state index in [0.29, 0.717) is 17.1 Å². The summed E-state index contributed by atoms with van der Waals surface area (Å²) in [5.74, 6) is -0.0394. The van der Waals surface area contributed by atoms with Gasteiger partial charge >= 0.3 is 5.82 Å². The molecule has 0 aliphatic rings. The number of imidazole rings is 1. The Morgan fingerprint density at radius 2 is 2.17 bits per heavy atom. The summed E-state index contributed by atoms with van der Waals surface area (Å²) in [5.41, 5.74) is 10.4. The van der Waals surface area contributed by atoms with Gasteiger partial charge in [-0.15, -0.1) is 0 Å². The number of hydrogen-bond donors (Lipinski definition) is 3. The van der Waals surface area contributed by atoms with Crippen LogP contribution in [0.4, 0.5) is 5.82 Å². The summed E-state index contributed by atoms with van der Waals surface area (Å²) in [6.45, 7) is -0.0777. The maximum absolute atomic E-state index is 12.5. The largest absolute Gasteiger partial charge is 0.872 e. The molecule has 146 valence electrons. The molecule has 0 spiro atoms. The molecule has 2 aromatic heterocycles. The van der Waals surface area contributed by atoms with Crippen LogP contribution >= 0.6 is 15.9 Å². The van der Waals surface area contributed by atoms with Crippen molar-refractivity contribution < 1.29 is 19.1 Å². The van der Waals surface area contributed by atoms with Crippen LogP contribution in [0.2, 0.25) is 0 Å². The second-order valence-electron chi connectivity index (χ2n) is 6.05. The lowest BCUT2D eigenvalue weighted by atomic mass is 10.2. The summed E-state index contributed by atoms with van der Waals surface area (Å²) >= 11 is 3.29. The number of hydrogen-bond acceptors (Lipinski definition) is 7. The molecule has 2 aromatic carbocycles. The topological polar surface area (TPSA) is 149 Å². The number of aromatic amines is 1. The molecule has 0 saturated heterocycles. The number of anilines is 1. The summed E-state index contributed by atoms with van der Waals surface area (Å²) in [5, 5.41) is 23.1. The Morgan fingerprint density at radius 1 is 1.34 bits per heavy atom. The van der Waals surface area contributed by atoms with E-state index in [2.05, 4.69) is 46.4 Å². The minimum atomic E-state index is -0.408. The van der Waals surface area contributed by atoms with Gasteiger partial charge in [-0.1, -0.05) is 39.9 Å². The summed E-state index contributed by atoms with van der Waals surface area (Å²) in [6.07, 6.45) is 1.30. The number of amides is 1. The van der Waals surface area contributed by atoms with Crippen LogP contribution in [0.25, 0.3) is 22.6 Å². The maximum atomic E-state index is 12.5. The molecule has 29 heavy (non-hydrogen) atoms. The predicted octanol–water partition coefficient (Wildman–Crippen LogP) is 1.07. The van der Waals surface area contributed by atoms with Crippen molar-refractivity contribution in [2.24, 2.45) is 5.10 Å². The zero-order chi connectivity index (χ0) is 20.4. The normalized spacial score (nSPS) is 11.3. The lowest BCUT2D eigenvalue weighted by Crippen LogP contribution is -2.42. The minimum Gasteiger partial charge on any atom is -0.872 e. The third-order valence-electron chi connectivity index (χ3n) is 4.12. The smallest absolute Gasteiger partial charge is 0.314 e. The number of rotatable bonds is 5. The highest BCUT2D eigenvalue weighted by atomic mass is 79.9. The number of para-hydroxylation sites is 2. The van der Waals surface area contributed by atoms with Crippen LogP contribution in [0.15, 0.2) is 56.7 Å². The van der Waals surface area contributed by atoms with Crippen LogP contribution in [0.3, 0.4) is 0 Å². The number of nitrogens with one attached hydrogen (secondary N) is 2. The molecule has 4 aromatic rings. The van der Waals surface area contributed by atoms with Crippen molar-refractivity contribution in [2.45, 2.75) is 6.54 Å². The zero-order valence-corrected chi connectivity index (χ0v) is 16.4. The quantitative estimate of drug-likeness (QED) is 0.232. The van der Waals surface area contributed by atoms with Crippen LogP contribution in [-0.2, 0) is 11.3 Å². The Hall–Kier alpha value is -3.73. The van der Waals surface area contributed by atoms with E-state index in [-0.39, 0.29) is 18.1 Å². The molecule has 0 aliphatic heterocycles. The van der Waals surface area contributed by atoms with Gasteiger partial charge in [-0.3, -0.25) is 4.79 Å². The molecular weight excluding hydrogens is 442 g/mol. The van der Waals surface area contributed by atoms with Gasteiger partial charge in [0.25, 0.3) is 5.91 Å². The first kappa shape index (κ1) is 18.6. The molecule has 10 nitrogen and oxygen atoms in total. The van der Waals surface area contributed by atoms with E-state index < -0.39 is 5.91 Å². The predicted molar refractivity (Wildman–Crippen MR) is 106 cm³/mol. The van der Waals surface area contributed by atoms with Gasteiger partial charge in [0.05, 0.1) is 6.21 Å². The van der Waals surface area contributed by atoms with Crippen molar-refractivity contribution in [1.29, 1.82) is 0 Å². The third kappa shape index (κ3) is 3.80. The highest BCUT2D eigenvalue weighted by Crippen LogP contribution is 2.21. The van der Waals surface area contributed by atoms with Crippen molar-refractivity contribution in [2.75, 3.05) is 5.73 Å². The fourth-order valence-electron chi connectivity index (χ4n) is 2.81. The van der Waals surface area contributed by atoms with E-state index in [0.717, 1.165) is 15.5 Å². The highest BCUT2D eigenvalue weighted by Gasteiger charge is 2.27. The summed E-state index contributed by atoms with van der Waals surface area (Å²) in [6, 6.07) is 12.1. The van der Waals surface area contributed by atoms with Gasteiger partial charge in [0, 0.05) is 4.47 Å². The molecular formula is C18H14BrN7O3. The van der Waals surface area contributed by atoms with E-state index in [9.17, 15) is 9.90 Å². The molecule has 0 unspecified atom stereocenters. The van der Waals surface area contributed by atoms with Gasteiger partial charge in [-0.2, -0.15) is 5.10 Å². The number of halogens is 1. The number of nitrogens with two attached hydrogens (primary N) is 1. The maximum Gasteiger partial charge on any atom is 0.314 e. The molecule has 0 bridgehead atoms. The molecule has 11 heteroatoms. The van der Waals surface area contributed by atoms with Crippen LogP contribution in [-0.4, -0.2) is 27.4 Å². The van der Waals surface area contributed by atoms with Crippen LogP contribution in [0, 0.1) is 0 Å². The number of nitrogens with zero attached hydrogens (tertiary/aromatic N) is 4. The Bertz CT molecular complexity index is 1230. The minimum absolute atomic E-state index is 0.0777. The van der Waals surface area contributed by atoms with Crippen molar-refractivity contribution in [3.8, 4) is 17.3 Å². The molecule has 4 rings (SSSR count). The second-order valence-corrected chi connectivity index (χ2v) is 6.97. The first-order chi connectivity index (χ1) is 14.0. The average Bonchev–Trinajstić information content (AvgIpc) is 3.28. The fraction of sp³-hybridized carbons (Fsp3) is 0.0556. The Balaban J connectivity index is 1.59. The number of fused-ring (bicyclic) bond motifs is 1. The molecule has 0 fully saturated rings. The van der Waals surface area contributed by atoms with Crippen molar-refractivity contribution in [3.63, 3.8) is 0 Å². The van der Waals surface area contributed by atoms with Crippen LogP contribution in [0.5, 0.6) is 5.75 Å². The Labute approximate surface area is 172 Å². The molecule has 4 N–H and O–H groups in total. The van der Waals surface area contributed by atoms with Crippen LogP contribution < -0.4 is 20.8 Å². The third-order valence-corrected chi connectivity index (χ3v) is 4.62. The standard InChI is InChI=1S/C18H14BrN7O3/c19-11-5-6-14(27)10(7-11)8-21-23-15(28)9-26-13-4-2-1-3-12(13)22-18(26)16-17(20)25-29-24-16/h1-8H,9H2,(H4,20,21,22,23,24,25,27,28). The fourth-order valence-corrected chi connectivity index (χ4v) is 3.19. The first-order valence-electron chi connectivity index (χ1n) is 8.40. The van der Waals surface area contributed by atoms with Crippen LogP contribution in [0.1, 0.15) is 5.56 Å². The van der Waals surface area contributed by atoms with Crippen molar-refractivity contribution >= 4 is 44.9 Å². The molecule has 0 saturated carbocycles. The monoisotopic (exact) mass is 455 g/mol. The van der Waals surface area contributed by atoms with Gasteiger partial charge in [0.1, 0.15) is 0 Å². The van der Waals surface area contributed by atoms with Crippen molar-refractivity contribution in [1.82, 2.24) is 20.7 Å². The second kappa shape index (κ2) is 7.72. The lowest BCUT2D eigenvalue weighted by molar-refractivity contribution is -0.647. The number of nitrogen functional groups attached to an aromatic ring is 1. The Morgan fingerprint density at radius 3 is 2.97 bits per heavy atom. The first-order valence-corrected chi connectivity index (χ1v) is 9.19. The molecule has 0 radical (unpaired) electrons. The molecule has 1 amide bonds. The number of hydrazone groups is 1. The van der Waals surface area contributed by atoms with Crippen molar-refractivity contribution in [3.05, 3.63) is 52.5 Å². The van der Waals surface area contributed by atoms with E-state index in [1.807, 2.05) is 24.3 Å². The van der Waals surface area contributed by atoms with Gasteiger partial charge in [0.2, 0.25) is 11.5 Å². The molecule has 2 heterocycles. The zero-order valence-electron chi connectivity index (χ0n) is 14.8. The lowest BCUT2D eigenvalue weighted by Gasteiger charge is -2.09. The number of carbonyl (C=O) groups excluding carboxylic acids is 1. The van der Waals surface area contributed by atoms with E-state index in [4.69, 9.17) is 5.73 Å². The number of carbonyl (C=O) groups is 1. The SMILES string of the molecule is Nc1nonc1-c1[nH]c2ccccc2[n+]1CC(=O)N/N=C/c1cc(Br)ccc1[O-]. The van der Waals surface area contributed by atoms with Gasteiger partial charge < -0.3 is 10.8 Å². The number of aromatic nitrogens is 4. The summed E-state index contributed by atoms with van der Waals surface area (Å²) in [7, 11) is 0. The average molecular weight is 456 g/mol. The highest BCUT2D eigenvalue weighted by molar-refractivity contribution is 9.10. The van der Waals surface area contributed by atoms with Gasteiger partial charge in [0.15, 0.2) is 17.6 Å².